The van der Waals surface area contributed by atoms with Crippen LogP contribution in [0.2, 0.25) is 0 Å². The van der Waals surface area contributed by atoms with Gasteiger partial charge in [-0.15, -0.1) is 0 Å². The maximum absolute atomic E-state index is 12.0. The van der Waals surface area contributed by atoms with E-state index in [1.165, 1.54) is 0 Å². The van der Waals surface area contributed by atoms with Gasteiger partial charge >= 0.3 is 13.8 Å². The van der Waals surface area contributed by atoms with Crippen molar-refractivity contribution < 1.29 is 19.2 Å². The third-order valence-electron chi connectivity index (χ3n) is 3.36. The number of hydrogen-bond donors (Lipinski definition) is 1. The van der Waals surface area contributed by atoms with Crippen molar-refractivity contribution in [2.45, 2.75) is 26.4 Å². The normalized spacial score (nSPS) is 15.5. The quantitative estimate of drug-likeness (QED) is 0.855. The van der Waals surface area contributed by atoms with Gasteiger partial charge in [-0.25, -0.2) is 4.79 Å². The maximum atomic E-state index is 12.0. The average Bonchev–Trinajstić information content (AvgIpc) is 2.47. The fourth-order valence-corrected chi connectivity index (χ4v) is 2.30. The fourth-order valence-electron chi connectivity index (χ4n) is 2.30. The van der Waals surface area contributed by atoms with E-state index in [0.29, 0.717) is 18.8 Å². The monoisotopic (exact) mass is 306 g/mol. The van der Waals surface area contributed by atoms with Gasteiger partial charge in [-0.3, -0.25) is 0 Å². The molecule has 6 nitrogen and oxygen atoms in total. The Balaban J connectivity index is 1.87. The van der Waals surface area contributed by atoms with Gasteiger partial charge in [0.05, 0.1) is 0 Å². The topological polar surface area (TPSA) is 62.2 Å². The van der Waals surface area contributed by atoms with Crippen LogP contribution in [0.4, 0.5) is 10.5 Å². The summed E-state index contributed by atoms with van der Waals surface area (Å²) in [5.74, 6) is 0.638. The molecule has 0 radical (unpaired) electrons. The van der Waals surface area contributed by atoms with Crippen molar-refractivity contribution in [1.29, 1.82) is 0 Å². The van der Waals surface area contributed by atoms with Crippen LogP contribution in [-0.2, 0) is 4.74 Å². The summed E-state index contributed by atoms with van der Waals surface area (Å²) >= 11 is 0. The van der Waals surface area contributed by atoms with Crippen LogP contribution in [0.15, 0.2) is 24.3 Å². The zero-order valence-corrected chi connectivity index (χ0v) is 13.4. The lowest BCUT2D eigenvalue weighted by molar-refractivity contribution is 0.0240. The van der Waals surface area contributed by atoms with Gasteiger partial charge < -0.3 is 24.2 Å². The SMILES string of the molecule is CC(C)(C)OC(=O)N1CCN(c2ccc(OBO)cc2)CC1. The Kier molecular flexibility index (Phi) is 5.18. The van der Waals surface area contributed by atoms with Crippen molar-refractivity contribution in [2.24, 2.45) is 0 Å². The van der Waals surface area contributed by atoms with Gasteiger partial charge in [0, 0.05) is 31.9 Å². The fraction of sp³-hybridized carbons (Fsp3) is 0.533. The Morgan fingerprint density at radius 3 is 2.23 bits per heavy atom. The number of rotatable bonds is 3. The van der Waals surface area contributed by atoms with E-state index in [2.05, 4.69) is 4.90 Å². The highest BCUT2D eigenvalue weighted by Crippen LogP contribution is 2.21. The van der Waals surface area contributed by atoms with E-state index in [-0.39, 0.29) is 13.8 Å². The molecule has 1 fully saturated rings. The number of carbonyl (C=O) groups is 1. The van der Waals surface area contributed by atoms with Crippen molar-refractivity contribution in [3.63, 3.8) is 0 Å². The molecule has 1 aliphatic rings. The van der Waals surface area contributed by atoms with Gasteiger partial charge in [-0.1, -0.05) is 0 Å². The molecular weight excluding hydrogens is 283 g/mol. The second-order valence-corrected chi connectivity index (χ2v) is 6.22. The molecule has 2 rings (SSSR count). The molecule has 1 N–H and O–H groups in total. The largest absolute Gasteiger partial charge is 0.539 e. The van der Waals surface area contributed by atoms with Crippen LogP contribution in [0.5, 0.6) is 5.75 Å². The molecule has 7 heteroatoms. The van der Waals surface area contributed by atoms with Gasteiger partial charge in [-0.05, 0) is 45.0 Å². The van der Waals surface area contributed by atoms with E-state index in [9.17, 15) is 4.79 Å². The van der Waals surface area contributed by atoms with Crippen LogP contribution in [0, 0.1) is 0 Å². The summed E-state index contributed by atoms with van der Waals surface area (Å²) in [5.41, 5.74) is 0.616. The molecule has 1 saturated heterocycles. The molecule has 120 valence electrons. The number of piperazine rings is 1. The molecule has 0 unspecified atom stereocenters. The van der Waals surface area contributed by atoms with E-state index in [1.54, 1.807) is 4.90 Å². The molecule has 22 heavy (non-hydrogen) atoms. The summed E-state index contributed by atoms with van der Waals surface area (Å²) < 4.78 is 10.4. The van der Waals surface area contributed by atoms with Gasteiger partial charge in [0.1, 0.15) is 11.4 Å². The molecule has 0 spiro atoms. The van der Waals surface area contributed by atoms with E-state index in [4.69, 9.17) is 14.4 Å². The molecule has 0 bridgehead atoms. The molecule has 1 aromatic carbocycles. The number of nitrogens with zero attached hydrogens (tertiary/aromatic N) is 2. The summed E-state index contributed by atoms with van der Waals surface area (Å²) in [4.78, 5) is 16.0. The first kappa shape index (κ1) is 16.5. The molecule has 1 heterocycles. The minimum absolute atomic E-state index is 0.251. The number of ether oxygens (including phenoxy) is 1. The second kappa shape index (κ2) is 6.92. The number of anilines is 1. The standard InChI is InChI=1S/C15H23BN2O4/c1-15(2,3)21-14(19)18-10-8-17(9-11-18)12-4-6-13(7-5-12)22-16-20/h4-7,16,20H,8-11H2,1-3H3. The number of benzene rings is 1. The van der Waals surface area contributed by atoms with Crippen LogP contribution >= 0.6 is 0 Å². The Hall–Kier alpha value is -1.89. The average molecular weight is 306 g/mol. The predicted molar refractivity (Wildman–Crippen MR) is 86.5 cm³/mol. The van der Waals surface area contributed by atoms with Crippen LogP contribution in [0.1, 0.15) is 20.8 Å². The van der Waals surface area contributed by atoms with Crippen molar-refractivity contribution in [3.05, 3.63) is 24.3 Å². The van der Waals surface area contributed by atoms with Gasteiger partial charge in [0.2, 0.25) is 0 Å². The summed E-state index contributed by atoms with van der Waals surface area (Å²) in [6, 6.07) is 7.56. The summed E-state index contributed by atoms with van der Waals surface area (Å²) in [7, 11) is -0.325. The Morgan fingerprint density at radius 1 is 1.14 bits per heavy atom. The Morgan fingerprint density at radius 2 is 1.73 bits per heavy atom. The number of carbonyl (C=O) groups excluding carboxylic acids is 1. The van der Waals surface area contributed by atoms with Crippen molar-refractivity contribution in [3.8, 4) is 5.75 Å². The lowest BCUT2D eigenvalue weighted by atomic mass is 10.2. The third-order valence-corrected chi connectivity index (χ3v) is 3.36. The molecule has 0 aliphatic carbocycles. The first-order valence-electron chi connectivity index (χ1n) is 7.45. The van der Waals surface area contributed by atoms with Crippen LogP contribution < -0.4 is 9.55 Å². The summed E-state index contributed by atoms with van der Waals surface area (Å²) in [6.45, 7) is 8.43. The van der Waals surface area contributed by atoms with Gasteiger partial charge in [0.15, 0.2) is 0 Å². The highest BCUT2D eigenvalue weighted by molar-refractivity contribution is 6.17. The van der Waals surface area contributed by atoms with E-state index in [1.807, 2.05) is 45.0 Å². The highest BCUT2D eigenvalue weighted by atomic mass is 16.6. The zero-order chi connectivity index (χ0) is 16.2. The minimum Gasteiger partial charge on any atom is -0.539 e. The van der Waals surface area contributed by atoms with E-state index in [0.717, 1.165) is 18.8 Å². The highest BCUT2D eigenvalue weighted by Gasteiger charge is 2.25. The Labute approximate surface area is 131 Å². The molecule has 0 aromatic heterocycles. The molecular formula is C15H23BN2O4. The van der Waals surface area contributed by atoms with Crippen molar-refractivity contribution >= 4 is 19.5 Å². The number of hydrogen-bond acceptors (Lipinski definition) is 5. The smallest absolute Gasteiger partial charge is 0.504 e. The lowest BCUT2D eigenvalue weighted by Crippen LogP contribution is -2.50. The number of amides is 1. The van der Waals surface area contributed by atoms with Crippen molar-refractivity contribution in [1.82, 2.24) is 4.90 Å². The predicted octanol–water partition coefficient (Wildman–Crippen LogP) is 1.38. The molecule has 0 atom stereocenters. The maximum Gasteiger partial charge on any atom is 0.504 e. The van der Waals surface area contributed by atoms with Gasteiger partial charge in [-0.2, -0.15) is 0 Å². The Bertz CT molecular complexity index is 493. The first-order chi connectivity index (χ1) is 10.4. The minimum atomic E-state index is -0.462. The summed E-state index contributed by atoms with van der Waals surface area (Å²) in [6.07, 6.45) is -0.251. The molecule has 1 aromatic rings. The van der Waals surface area contributed by atoms with Crippen LogP contribution in [0.25, 0.3) is 0 Å². The lowest BCUT2D eigenvalue weighted by Gasteiger charge is -2.36. The van der Waals surface area contributed by atoms with E-state index < -0.39 is 5.60 Å². The van der Waals surface area contributed by atoms with E-state index >= 15 is 0 Å². The molecule has 0 saturated carbocycles. The second-order valence-electron chi connectivity index (χ2n) is 6.22. The van der Waals surface area contributed by atoms with Crippen LogP contribution in [-0.4, -0.2) is 55.5 Å². The van der Waals surface area contributed by atoms with Crippen molar-refractivity contribution in [2.75, 3.05) is 31.1 Å². The third kappa shape index (κ3) is 4.56. The zero-order valence-electron chi connectivity index (χ0n) is 13.4. The summed E-state index contributed by atoms with van der Waals surface area (Å²) in [5, 5.41) is 8.72. The van der Waals surface area contributed by atoms with Crippen LogP contribution in [0.3, 0.4) is 0 Å². The van der Waals surface area contributed by atoms with Gasteiger partial charge in [0.25, 0.3) is 0 Å². The molecule has 1 aliphatic heterocycles. The molecule has 1 amide bonds. The first-order valence-corrected chi connectivity index (χ1v) is 7.45.